The maximum atomic E-state index is 12.0. The first-order valence-corrected chi connectivity index (χ1v) is 16.6. The topological polar surface area (TPSA) is 210 Å². The fraction of sp³-hybridized carbons (Fsp3) is 0.933. The van der Waals surface area contributed by atoms with Gasteiger partial charge in [-0.1, -0.05) is 26.8 Å². The maximum Gasteiger partial charge on any atom is 0.477 e. The molecule has 2 aliphatic rings. The summed E-state index contributed by atoms with van der Waals surface area (Å²) in [6, 6.07) is -0.747. The normalized spacial score (nSPS) is 38.0. The van der Waals surface area contributed by atoms with Crippen molar-refractivity contribution in [3.63, 3.8) is 0 Å². The van der Waals surface area contributed by atoms with Crippen LogP contribution in [-0.4, -0.2) is 61.1 Å². The van der Waals surface area contributed by atoms with Crippen molar-refractivity contribution in [2.75, 3.05) is 19.1 Å². The van der Waals surface area contributed by atoms with Gasteiger partial charge in [-0.05, 0) is 18.8 Å². The van der Waals surface area contributed by atoms with E-state index in [1.165, 1.54) is 0 Å². The second kappa shape index (κ2) is 13.4. The molecule has 0 aromatic rings. The van der Waals surface area contributed by atoms with Gasteiger partial charge in [0.25, 0.3) is 0 Å². The van der Waals surface area contributed by atoms with Gasteiger partial charge in [0, 0.05) is 32.7 Å². The van der Waals surface area contributed by atoms with Crippen molar-refractivity contribution in [3.05, 3.63) is 6.42 Å². The van der Waals surface area contributed by atoms with E-state index in [1.54, 1.807) is 20.3 Å². The van der Waals surface area contributed by atoms with Crippen LogP contribution in [0, 0.1) is 24.2 Å². The molecule has 201 valence electrons. The SMILES string of the molecule is [B]C1[CH-]C(C)C(COP(=O)(O)OP(=O)([O-])CP(=O)([O-])OP(=O)(O)OCC2OC(C)C(C)C2C)O1.[Y]. The number of hydrogen-bond acceptors (Lipinski definition) is 12. The van der Waals surface area contributed by atoms with Gasteiger partial charge in [0.2, 0.25) is 0 Å². The van der Waals surface area contributed by atoms with E-state index in [2.05, 4.69) is 17.7 Å². The van der Waals surface area contributed by atoms with Gasteiger partial charge in [0.15, 0.2) is 15.2 Å². The minimum absolute atomic E-state index is 0. The van der Waals surface area contributed by atoms with Crippen molar-refractivity contribution in [2.45, 2.75) is 52.0 Å². The summed E-state index contributed by atoms with van der Waals surface area (Å²) in [4.78, 5) is 43.3. The number of rotatable bonds is 12. The molecule has 2 aliphatic heterocycles. The summed E-state index contributed by atoms with van der Waals surface area (Å²) in [5, 5.41) is 0. The summed E-state index contributed by atoms with van der Waals surface area (Å²) in [5.41, 5.74) is 0. The zero-order valence-electron chi connectivity index (χ0n) is 19.5. The molecule has 20 heteroatoms. The number of ether oxygens (including phenoxy) is 2. The van der Waals surface area contributed by atoms with Gasteiger partial charge < -0.3 is 44.6 Å². The van der Waals surface area contributed by atoms with Crippen LogP contribution < -0.4 is 9.79 Å². The standard InChI is InChI=1S/C15H30BO14P4.Y/c1-9-5-15(16)28-13(9)6-25-33(21,22)29-31(17,18)8-32(19,20)30-34(23,24)26-7-14-11(3)10(2)12(4)27-14;/h5,9-15H,6-8H2,1-4H3,(H,17,18)(H,19,20)(H,21,22)(H,23,24);/q-1;/p-2. The quantitative estimate of drug-likeness (QED) is 0.171. The molecule has 0 aromatic carbocycles. The van der Waals surface area contributed by atoms with E-state index in [0.29, 0.717) is 0 Å². The van der Waals surface area contributed by atoms with Gasteiger partial charge >= 0.3 is 15.6 Å². The smallest absolute Gasteiger partial charge is 0.477 e. The van der Waals surface area contributed by atoms with Gasteiger partial charge in [-0.2, -0.15) is 0 Å². The third-order valence-electron chi connectivity index (χ3n) is 5.56. The molecule has 11 atom stereocenters. The fourth-order valence-electron chi connectivity index (χ4n) is 3.43. The molecule has 0 amide bonds. The number of phosphoric acid groups is 2. The van der Waals surface area contributed by atoms with Gasteiger partial charge in [-0.3, -0.25) is 9.05 Å². The Morgan fingerprint density at radius 1 is 0.857 bits per heavy atom. The second-order valence-electron chi connectivity index (χ2n) is 8.34. The molecular formula is C15H28BO14P4Y-3. The Morgan fingerprint density at radius 3 is 1.69 bits per heavy atom. The summed E-state index contributed by atoms with van der Waals surface area (Å²) < 4.78 is 75.9. The number of phosphoric ester groups is 2. The Balaban J connectivity index is 0.00000612. The van der Waals surface area contributed by atoms with Crippen LogP contribution in [-0.2, 0) is 78.1 Å². The Bertz CT molecular complexity index is 909. The molecule has 0 bridgehead atoms. The average Bonchev–Trinajstić information content (AvgIpc) is 3.07. The van der Waals surface area contributed by atoms with E-state index in [-0.39, 0.29) is 56.6 Å². The van der Waals surface area contributed by atoms with Crippen LogP contribution in [0.5, 0.6) is 0 Å². The van der Waals surface area contributed by atoms with Crippen LogP contribution in [0.3, 0.4) is 0 Å². The molecular weight excluding hydrogens is 628 g/mol. The molecule has 3 radical (unpaired) electrons. The summed E-state index contributed by atoms with van der Waals surface area (Å²) in [7, 11) is -16.3. The van der Waals surface area contributed by atoms with E-state index in [9.17, 15) is 37.8 Å². The van der Waals surface area contributed by atoms with Gasteiger partial charge in [0.1, 0.15) is 0 Å². The van der Waals surface area contributed by atoms with Gasteiger partial charge in [0.05, 0.1) is 45.3 Å². The van der Waals surface area contributed by atoms with Gasteiger partial charge in [-0.25, -0.2) is 17.8 Å². The zero-order chi connectivity index (χ0) is 26.1. The fourth-order valence-corrected chi connectivity index (χ4v) is 10.0. The predicted molar refractivity (Wildman–Crippen MR) is 114 cm³/mol. The zero-order valence-corrected chi connectivity index (χ0v) is 25.9. The van der Waals surface area contributed by atoms with Gasteiger partial charge in [-0.15, -0.1) is 5.92 Å². The molecule has 11 unspecified atom stereocenters. The van der Waals surface area contributed by atoms with Crippen LogP contribution in [0.25, 0.3) is 0 Å². The molecule has 2 heterocycles. The monoisotopic (exact) mass is 656 g/mol. The first-order chi connectivity index (χ1) is 15.3. The Hall–Kier alpha value is 1.69. The number of hydrogen-bond donors (Lipinski definition) is 2. The molecule has 2 N–H and O–H groups in total. The molecule has 2 saturated heterocycles. The Morgan fingerprint density at radius 2 is 1.31 bits per heavy atom. The molecule has 0 aromatic heterocycles. The van der Waals surface area contributed by atoms with E-state index >= 15 is 0 Å². The Labute approximate surface area is 230 Å². The van der Waals surface area contributed by atoms with Crippen molar-refractivity contribution < 1.29 is 97.7 Å². The molecule has 0 spiro atoms. The van der Waals surface area contributed by atoms with Crippen LogP contribution in [0.1, 0.15) is 27.7 Å². The summed E-state index contributed by atoms with van der Waals surface area (Å²) >= 11 is 0. The third kappa shape index (κ3) is 11.4. The third-order valence-corrected chi connectivity index (χ3v) is 12.9. The van der Waals surface area contributed by atoms with E-state index in [1.807, 2.05) is 13.8 Å². The van der Waals surface area contributed by atoms with Crippen molar-refractivity contribution in [2.24, 2.45) is 17.8 Å². The molecule has 2 fully saturated rings. The average molecular weight is 656 g/mol. The van der Waals surface area contributed by atoms with Crippen LogP contribution >= 0.6 is 30.8 Å². The largest absolute Gasteiger partial charge is 0.778 e. The summed E-state index contributed by atoms with van der Waals surface area (Å²) in [6.07, 6.45) is 0.0296. The van der Waals surface area contributed by atoms with Crippen molar-refractivity contribution in [1.82, 2.24) is 0 Å². The molecule has 14 nitrogen and oxygen atoms in total. The van der Waals surface area contributed by atoms with Crippen molar-refractivity contribution >= 4 is 38.7 Å². The van der Waals surface area contributed by atoms with Crippen molar-refractivity contribution in [1.29, 1.82) is 0 Å². The van der Waals surface area contributed by atoms with Crippen LogP contribution in [0.15, 0.2) is 0 Å². The molecule has 2 rings (SSSR count). The molecule has 0 aliphatic carbocycles. The van der Waals surface area contributed by atoms with E-state index in [0.717, 1.165) is 0 Å². The van der Waals surface area contributed by atoms with Crippen LogP contribution in [0.4, 0.5) is 0 Å². The minimum atomic E-state index is -5.65. The van der Waals surface area contributed by atoms with Crippen LogP contribution in [0.2, 0.25) is 0 Å². The predicted octanol–water partition coefficient (Wildman–Crippen LogP) is 1.11. The first kappa shape index (κ1) is 34.7. The van der Waals surface area contributed by atoms with Crippen molar-refractivity contribution in [3.8, 4) is 0 Å². The second-order valence-corrected chi connectivity index (χ2v) is 15.6. The minimum Gasteiger partial charge on any atom is -0.778 e. The maximum absolute atomic E-state index is 12.0. The first-order valence-electron chi connectivity index (χ1n) is 10.2. The Kier molecular flexibility index (Phi) is 13.3. The molecule has 35 heavy (non-hydrogen) atoms. The summed E-state index contributed by atoms with van der Waals surface area (Å²) in [5.74, 6) is -2.26. The van der Waals surface area contributed by atoms with E-state index < -0.39 is 68.2 Å². The van der Waals surface area contributed by atoms with E-state index in [4.69, 9.17) is 17.3 Å². The molecule has 0 saturated carbocycles. The summed E-state index contributed by atoms with van der Waals surface area (Å²) in [6.45, 7) is 6.12.